The molecule has 1 fully saturated rings. The molecule has 0 N–H and O–H groups in total. The Morgan fingerprint density at radius 3 is 2.39 bits per heavy atom. The van der Waals surface area contributed by atoms with Gasteiger partial charge in [-0.15, -0.1) is 0 Å². The normalized spacial score (nSPS) is 21.9. The standard InChI is InChI=1S/C11H9Cl2NO7S.Na/c1-4(15)21-2-5-3-22(19,20)10-6(8(12)13)9(16)14(10)7(5)11(17)18;/h10H,2-3H2,1H3,(H,17,18);/q;+1/p-1/t10-;/m1./s1. The van der Waals surface area contributed by atoms with Gasteiger partial charge in [-0.3, -0.25) is 14.5 Å². The van der Waals surface area contributed by atoms with E-state index in [2.05, 4.69) is 4.74 Å². The van der Waals surface area contributed by atoms with Crippen molar-refractivity contribution < 1.29 is 62.2 Å². The van der Waals surface area contributed by atoms with Crippen molar-refractivity contribution in [3.8, 4) is 0 Å². The van der Waals surface area contributed by atoms with Gasteiger partial charge in [0.05, 0.1) is 23.0 Å². The van der Waals surface area contributed by atoms with Gasteiger partial charge in [0.2, 0.25) is 0 Å². The summed E-state index contributed by atoms with van der Waals surface area (Å²) in [6.07, 6.45) is 0. The van der Waals surface area contributed by atoms with Crippen LogP contribution in [0.1, 0.15) is 6.92 Å². The van der Waals surface area contributed by atoms with Crippen LogP contribution in [0.15, 0.2) is 21.3 Å². The van der Waals surface area contributed by atoms with E-state index in [1.165, 1.54) is 0 Å². The number of carbonyl (C=O) groups excluding carboxylic acids is 3. The maximum atomic E-state index is 12.2. The van der Waals surface area contributed by atoms with Gasteiger partial charge < -0.3 is 14.6 Å². The second-order valence-electron chi connectivity index (χ2n) is 4.53. The Morgan fingerprint density at radius 2 is 1.96 bits per heavy atom. The zero-order chi connectivity index (χ0) is 16.8. The van der Waals surface area contributed by atoms with Crippen LogP contribution < -0.4 is 34.7 Å². The van der Waals surface area contributed by atoms with E-state index >= 15 is 0 Å². The van der Waals surface area contributed by atoms with E-state index in [1.54, 1.807) is 0 Å². The fourth-order valence-corrected chi connectivity index (χ4v) is 4.70. The third-order valence-corrected chi connectivity index (χ3v) is 5.35. The van der Waals surface area contributed by atoms with Crippen molar-refractivity contribution in [2.24, 2.45) is 0 Å². The van der Waals surface area contributed by atoms with E-state index in [4.69, 9.17) is 23.2 Å². The number of β-lactam (4-membered cyclic amide) rings is 1. The maximum absolute atomic E-state index is 12.2. The topological polar surface area (TPSA) is 121 Å². The Labute approximate surface area is 163 Å². The molecule has 2 rings (SSSR count). The van der Waals surface area contributed by atoms with Crippen LogP contribution in [-0.2, 0) is 29.0 Å². The first-order valence-electron chi connectivity index (χ1n) is 5.75. The van der Waals surface area contributed by atoms with Gasteiger partial charge in [0.15, 0.2) is 15.2 Å². The summed E-state index contributed by atoms with van der Waals surface area (Å²) in [5.41, 5.74) is -1.30. The van der Waals surface area contributed by atoms with Crippen molar-refractivity contribution in [2.75, 3.05) is 12.4 Å². The first kappa shape index (κ1) is 20.5. The van der Waals surface area contributed by atoms with E-state index in [-0.39, 0.29) is 35.1 Å². The molecule has 0 aromatic heterocycles. The van der Waals surface area contributed by atoms with Gasteiger partial charge in [-0.1, -0.05) is 23.2 Å². The average Bonchev–Trinajstić information content (AvgIpc) is 2.35. The Bertz CT molecular complexity index is 754. The third kappa shape index (κ3) is 3.59. The van der Waals surface area contributed by atoms with Crippen LogP contribution in [-0.4, -0.2) is 48.9 Å². The molecule has 0 spiro atoms. The number of hydrogen-bond donors (Lipinski definition) is 0. The molecule has 8 nitrogen and oxygen atoms in total. The monoisotopic (exact) mass is 391 g/mol. The van der Waals surface area contributed by atoms with Crippen molar-refractivity contribution in [3.63, 3.8) is 0 Å². The van der Waals surface area contributed by atoms with Crippen LogP contribution in [0.3, 0.4) is 0 Å². The molecule has 2 aliphatic rings. The minimum absolute atomic E-state index is 0. The number of ether oxygens (including phenoxy) is 1. The first-order valence-corrected chi connectivity index (χ1v) is 8.22. The van der Waals surface area contributed by atoms with E-state index in [9.17, 15) is 27.9 Å². The average molecular weight is 392 g/mol. The van der Waals surface area contributed by atoms with E-state index in [0.717, 1.165) is 6.92 Å². The molecular formula is C11H8Cl2NNaO7S. The van der Waals surface area contributed by atoms with Crippen LogP contribution in [0.5, 0.6) is 0 Å². The number of sulfone groups is 1. The van der Waals surface area contributed by atoms with E-state index < -0.39 is 61.2 Å². The van der Waals surface area contributed by atoms with Gasteiger partial charge in [-0.05, 0) is 0 Å². The number of carboxylic acid groups (broad SMARTS) is 1. The van der Waals surface area contributed by atoms with E-state index in [1.807, 2.05) is 0 Å². The molecule has 0 aliphatic carbocycles. The third-order valence-electron chi connectivity index (χ3n) is 3.07. The second-order valence-corrected chi connectivity index (χ2v) is 7.54. The molecule has 1 atom stereocenters. The molecule has 120 valence electrons. The summed E-state index contributed by atoms with van der Waals surface area (Å²) in [5.74, 6) is -4.17. The Hall–Kier alpha value is -0.580. The van der Waals surface area contributed by atoms with Crippen LogP contribution in [0.4, 0.5) is 0 Å². The summed E-state index contributed by atoms with van der Waals surface area (Å²) in [4.78, 5) is 34.5. The Balaban J connectivity index is 0.00000264. The zero-order valence-corrected chi connectivity index (χ0v) is 16.3. The molecule has 1 amide bonds. The largest absolute Gasteiger partial charge is 1.00 e. The minimum Gasteiger partial charge on any atom is -0.543 e. The molecule has 12 heteroatoms. The number of carboxylic acids is 1. The number of carbonyl (C=O) groups is 3. The van der Waals surface area contributed by atoms with E-state index in [0.29, 0.717) is 4.90 Å². The predicted molar refractivity (Wildman–Crippen MR) is 71.8 cm³/mol. The molecule has 0 bridgehead atoms. The first-order chi connectivity index (χ1) is 10.1. The molecule has 1 saturated heterocycles. The summed E-state index contributed by atoms with van der Waals surface area (Å²) < 4.78 is 28.5. The van der Waals surface area contributed by atoms with Crippen molar-refractivity contribution in [1.82, 2.24) is 4.90 Å². The predicted octanol–water partition coefficient (Wildman–Crippen LogP) is -4.16. The quantitative estimate of drug-likeness (QED) is 0.207. The molecule has 2 aliphatic heterocycles. The van der Waals surface area contributed by atoms with Gasteiger partial charge in [0, 0.05) is 12.5 Å². The molecule has 0 aromatic carbocycles. The molecule has 0 unspecified atom stereocenters. The molecule has 0 saturated carbocycles. The Morgan fingerprint density at radius 1 is 1.39 bits per heavy atom. The molecule has 2 heterocycles. The summed E-state index contributed by atoms with van der Waals surface area (Å²) >= 11 is 10.9. The van der Waals surface area contributed by atoms with Crippen LogP contribution in [0.25, 0.3) is 0 Å². The fraction of sp³-hybridized carbons (Fsp3) is 0.364. The van der Waals surface area contributed by atoms with Gasteiger partial charge in [0.25, 0.3) is 5.91 Å². The molecule has 0 aromatic rings. The van der Waals surface area contributed by atoms with Gasteiger partial charge in [-0.25, -0.2) is 8.42 Å². The van der Waals surface area contributed by atoms with Gasteiger partial charge in [-0.2, -0.15) is 0 Å². The van der Waals surface area contributed by atoms with Crippen LogP contribution in [0.2, 0.25) is 0 Å². The van der Waals surface area contributed by atoms with Crippen molar-refractivity contribution in [2.45, 2.75) is 12.3 Å². The summed E-state index contributed by atoms with van der Waals surface area (Å²) in [6, 6.07) is 0. The van der Waals surface area contributed by atoms with Crippen LogP contribution >= 0.6 is 23.2 Å². The maximum Gasteiger partial charge on any atom is 1.00 e. The number of aliphatic carboxylic acids is 1. The SMILES string of the molecule is CC(=O)OCC1=C(C(=O)[O-])N2C(=O)C(=C(Cl)Cl)[C@H]2S(=O)(=O)C1.[Na+]. The Kier molecular flexibility index (Phi) is 6.33. The number of halogens is 2. The molecule has 0 radical (unpaired) electrons. The molecule has 23 heavy (non-hydrogen) atoms. The number of hydrogen-bond acceptors (Lipinski definition) is 7. The smallest absolute Gasteiger partial charge is 0.543 e. The number of fused-ring (bicyclic) bond motifs is 1. The number of nitrogens with zero attached hydrogens (tertiary/aromatic N) is 1. The van der Waals surface area contributed by atoms with Gasteiger partial charge >= 0.3 is 35.5 Å². The van der Waals surface area contributed by atoms with Crippen LogP contribution in [0, 0.1) is 0 Å². The van der Waals surface area contributed by atoms with Crippen molar-refractivity contribution >= 4 is 50.9 Å². The number of esters is 1. The zero-order valence-electron chi connectivity index (χ0n) is 12.0. The molecular weight excluding hydrogens is 384 g/mol. The second kappa shape index (κ2) is 7.12. The number of rotatable bonds is 3. The number of amides is 1. The van der Waals surface area contributed by atoms with Crippen molar-refractivity contribution in [1.29, 1.82) is 0 Å². The fourth-order valence-electron chi connectivity index (χ4n) is 2.24. The van der Waals surface area contributed by atoms with Crippen molar-refractivity contribution in [3.05, 3.63) is 21.3 Å². The minimum atomic E-state index is -3.98. The summed E-state index contributed by atoms with van der Waals surface area (Å²) in [6.45, 7) is 0.490. The summed E-state index contributed by atoms with van der Waals surface area (Å²) in [5, 5.41) is 9.68. The van der Waals surface area contributed by atoms with Gasteiger partial charge in [0.1, 0.15) is 11.1 Å². The summed E-state index contributed by atoms with van der Waals surface area (Å²) in [7, 11) is -3.98.